The van der Waals surface area contributed by atoms with E-state index in [2.05, 4.69) is 4.72 Å². The maximum atomic E-state index is 13.6. The molecule has 1 atom stereocenters. The second-order valence-corrected chi connectivity index (χ2v) is 11.7. The van der Waals surface area contributed by atoms with Gasteiger partial charge in [0, 0.05) is 23.2 Å². The fourth-order valence-electron chi connectivity index (χ4n) is 4.89. The summed E-state index contributed by atoms with van der Waals surface area (Å²) in [5, 5.41) is 0.368. The summed E-state index contributed by atoms with van der Waals surface area (Å²) in [7, 11) is -3.76. The molecule has 0 aliphatic heterocycles. The minimum Gasteiger partial charge on any atom is -0.308 e. The van der Waals surface area contributed by atoms with Gasteiger partial charge in [-0.25, -0.2) is 13.1 Å². The number of carbonyl (C=O) groups is 1. The van der Waals surface area contributed by atoms with Crippen molar-refractivity contribution in [2.24, 2.45) is 0 Å². The Labute approximate surface area is 229 Å². The first kappa shape index (κ1) is 26.2. The lowest BCUT2D eigenvalue weighted by Crippen LogP contribution is -2.31. The number of benzene rings is 4. The number of nitrogens with zero attached hydrogens (tertiary/aromatic N) is 1. The molecule has 0 saturated carbocycles. The van der Waals surface area contributed by atoms with Crippen LogP contribution >= 0.6 is 11.6 Å². The SMILES string of the molecule is O=C(CCc1ccccc1)N(Cc1ccccc1)c1ccc2c(c1)C(NS(=O)(=O)c1cccc(Cl)c1)CC2. The van der Waals surface area contributed by atoms with E-state index in [1.165, 1.54) is 12.1 Å². The van der Waals surface area contributed by atoms with E-state index < -0.39 is 10.0 Å². The molecule has 1 unspecified atom stereocenters. The molecule has 0 heterocycles. The van der Waals surface area contributed by atoms with Crippen LogP contribution in [-0.4, -0.2) is 14.3 Å². The zero-order chi connectivity index (χ0) is 26.5. The number of carbonyl (C=O) groups excluding carboxylic acids is 1. The Morgan fingerprint density at radius 2 is 1.58 bits per heavy atom. The van der Waals surface area contributed by atoms with Crippen LogP contribution in [0.15, 0.2) is 108 Å². The minimum atomic E-state index is -3.76. The van der Waals surface area contributed by atoms with Crippen LogP contribution in [0.4, 0.5) is 5.69 Å². The third-order valence-electron chi connectivity index (χ3n) is 6.88. The number of amides is 1. The van der Waals surface area contributed by atoms with Crippen LogP contribution in [0.3, 0.4) is 0 Å². The van der Waals surface area contributed by atoms with Gasteiger partial charge in [-0.3, -0.25) is 4.79 Å². The van der Waals surface area contributed by atoms with E-state index >= 15 is 0 Å². The van der Waals surface area contributed by atoms with Gasteiger partial charge in [0.15, 0.2) is 0 Å². The second-order valence-electron chi connectivity index (χ2n) is 9.50. The summed E-state index contributed by atoms with van der Waals surface area (Å²) in [6, 6.07) is 31.7. The highest BCUT2D eigenvalue weighted by Crippen LogP contribution is 2.36. The smallest absolute Gasteiger partial charge is 0.241 e. The van der Waals surface area contributed by atoms with E-state index in [4.69, 9.17) is 11.6 Å². The second kappa shape index (κ2) is 11.5. The van der Waals surface area contributed by atoms with Crippen molar-refractivity contribution < 1.29 is 13.2 Å². The third kappa shape index (κ3) is 6.16. The molecule has 1 N–H and O–H groups in total. The molecule has 194 valence electrons. The lowest BCUT2D eigenvalue weighted by atomic mass is 10.1. The Morgan fingerprint density at radius 1 is 0.868 bits per heavy atom. The van der Waals surface area contributed by atoms with Crippen LogP contribution in [0.2, 0.25) is 5.02 Å². The summed E-state index contributed by atoms with van der Waals surface area (Å²) >= 11 is 6.04. The highest BCUT2D eigenvalue weighted by Gasteiger charge is 2.29. The number of aryl methyl sites for hydroxylation is 2. The number of sulfonamides is 1. The Morgan fingerprint density at radius 3 is 2.29 bits per heavy atom. The van der Waals surface area contributed by atoms with Gasteiger partial charge < -0.3 is 4.90 Å². The van der Waals surface area contributed by atoms with E-state index in [9.17, 15) is 13.2 Å². The topological polar surface area (TPSA) is 66.5 Å². The van der Waals surface area contributed by atoms with Crippen molar-refractivity contribution in [3.8, 4) is 0 Å². The van der Waals surface area contributed by atoms with Crippen molar-refractivity contribution in [1.82, 2.24) is 4.72 Å². The quantitative estimate of drug-likeness (QED) is 0.262. The van der Waals surface area contributed by atoms with Crippen LogP contribution < -0.4 is 9.62 Å². The lowest BCUT2D eigenvalue weighted by Gasteiger charge is -2.25. The van der Waals surface area contributed by atoms with Gasteiger partial charge in [-0.15, -0.1) is 0 Å². The predicted octanol–water partition coefficient (Wildman–Crippen LogP) is 6.47. The zero-order valence-electron chi connectivity index (χ0n) is 20.9. The molecule has 0 spiro atoms. The molecule has 0 saturated heterocycles. The van der Waals surface area contributed by atoms with Crippen molar-refractivity contribution in [2.75, 3.05) is 4.90 Å². The number of hydrogen-bond donors (Lipinski definition) is 1. The average molecular weight is 545 g/mol. The van der Waals surface area contributed by atoms with Gasteiger partial charge in [-0.2, -0.15) is 0 Å². The minimum absolute atomic E-state index is 0.0201. The maximum absolute atomic E-state index is 13.6. The fourth-order valence-corrected chi connectivity index (χ4v) is 6.44. The largest absolute Gasteiger partial charge is 0.308 e. The molecule has 5 rings (SSSR count). The Hall–Kier alpha value is -3.45. The Bertz CT molecular complexity index is 1530. The van der Waals surface area contributed by atoms with E-state index in [1.807, 2.05) is 78.9 Å². The molecule has 0 radical (unpaired) electrons. The maximum Gasteiger partial charge on any atom is 0.241 e. The molecule has 0 bridgehead atoms. The molecular weight excluding hydrogens is 516 g/mol. The monoisotopic (exact) mass is 544 g/mol. The number of fused-ring (bicyclic) bond motifs is 1. The first-order valence-electron chi connectivity index (χ1n) is 12.7. The summed E-state index contributed by atoms with van der Waals surface area (Å²) in [5.74, 6) is 0.0201. The van der Waals surface area contributed by atoms with Gasteiger partial charge in [0.25, 0.3) is 0 Å². The molecule has 0 fully saturated rings. The van der Waals surface area contributed by atoms with Crippen LogP contribution in [0.1, 0.15) is 41.1 Å². The normalized spacial score (nSPS) is 14.7. The van der Waals surface area contributed by atoms with E-state index in [0.29, 0.717) is 30.8 Å². The van der Waals surface area contributed by atoms with Gasteiger partial charge in [-0.1, -0.05) is 84.4 Å². The van der Waals surface area contributed by atoms with Crippen molar-refractivity contribution in [1.29, 1.82) is 0 Å². The zero-order valence-corrected chi connectivity index (χ0v) is 22.5. The Kier molecular flexibility index (Phi) is 7.93. The molecule has 5 nitrogen and oxygen atoms in total. The molecular formula is C31H29ClN2O3S. The van der Waals surface area contributed by atoms with E-state index in [-0.39, 0.29) is 16.8 Å². The molecule has 0 aromatic heterocycles. The average Bonchev–Trinajstić information content (AvgIpc) is 3.32. The van der Waals surface area contributed by atoms with Gasteiger partial charge in [0.2, 0.25) is 15.9 Å². The summed E-state index contributed by atoms with van der Waals surface area (Å²) in [6.45, 7) is 0.437. The molecule has 1 aliphatic carbocycles. The van der Waals surface area contributed by atoms with Crippen LogP contribution in [-0.2, 0) is 34.2 Å². The van der Waals surface area contributed by atoms with Crippen LogP contribution in [0, 0.1) is 0 Å². The number of rotatable bonds is 9. The molecule has 4 aromatic carbocycles. The highest BCUT2D eigenvalue weighted by atomic mass is 35.5. The third-order valence-corrected chi connectivity index (χ3v) is 8.58. The number of anilines is 1. The lowest BCUT2D eigenvalue weighted by molar-refractivity contribution is -0.118. The van der Waals surface area contributed by atoms with Gasteiger partial charge in [0.05, 0.1) is 11.4 Å². The van der Waals surface area contributed by atoms with Crippen molar-refractivity contribution in [3.05, 3.63) is 130 Å². The molecule has 4 aromatic rings. The summed E-state index contributed by atoms with van der Waals surface area (Å²) in [6.07, 6.45) is 2.44. The summed E-state index contributed by atoms with van der Waals surface area (Å²) < 4.78 is 29.1. The van der Waals surface area contributed by atoms with Crippen LogP contribution in [0.25, 0.3) is 0 Å². The highest BCUT2D eigenvalue weighted by molar-refractivity contribution is 7.89. The van der Waals surface area contributed by atoms with E-state index in [1.54, 1.807) is 17.0 Å². The van der Waals surface area contributed by atoms with Gasteiger partial charge >= 0.3 is 0 Å². The summed E-state index contributed by atoms with van der Waals surface area (Å²) in [5.41, 5.74) is 4.90. The van der Waals surface area contributed by atoms with Crippen molar-refractivity contribution in [3.63, 3.8) is 0 Å². The number of nitrogens with one attached hydrogen (secondary N) is 1. The standard InChI is InChI=1S/C31H29ClN2O3S/c32-26-12-7-13-28(20-26)38(36,37)33-30-18-16-25-15-17-27(21-29(25)30)34(22-24-10-5-2-6-11-24)31(35)19-14-23-8-3-1-4-9-23/h1-13,15,17,20-21,30,33H,14,16,18-19,22H2. The van der Waals surface area contributed by atoms with Gasteiger partial charge in [-0.05, 0) is 71.8 Å². The molecule has 7 heteroatoms. The fraction of sp³-hybridized carbons (Fsp3) is 0.194. The van der Waals surface area contributed by atoms with E-state index in [0.717, 1.165) is 34.4 Å². The molecule has 38 heavy (non-hydrogen) atoms. The summed E-state index contributed by atoms with van der Waals surface area (Å²) in [4.78, 5) is 15.5. The molecule has 1 aliphatic rings. The number of hydrogen-bond acceptors (Lipinski definition) is 3. The molecule has 1 amide bonds. The van der Waals surface area contributed by atoms with Crippen LogP contribution in [0.5, 0.6) is 0 Å². The first-order valence-corrected chi connectivity index (χ1v) is 14.5. The Balaban J connectivity index is 1.41. The van der Waals surface area contributed by atoms with Crippen molar-refractivity contribution in [2.45, 2.75) is 43.2 Å². The number of halogens is 1. The predicted molar refractivity (Wildman–Crippen MR) is 152 cm³/mol. The van der Waals surface area contributed by atoms with Crippen molar-refractivity contribution >= 4 is 33.2 Å². The van der Waals surface area contributed by atoms with Gasteiger partial charge in [0.1, 0.15) is 0 Å². The first-order chi connectivity index (χ1) is 18.4.